The summed E-state index contributed by atoms with van der Waals surface area (Å²) >= 11 is 0. The van der Waals surface area contributed by atoms with Gasteiger partial charge in [-0.15, -0.1) is 0 Å². The van der Waals surface area contributed by atoms with Crippen molar-refractivity contribution in [3.05, 3.63) is 35.6 Å². The van der Waals surface area contributed by atoms with Crippen molar-refractivity contribution in [1.82, 2.24) is 10.1 Å². The summed E-state index contributed by atoms with van der Waals surface area (Å²) in [5.41, 5.74) is 1.06. The number of benzene rings is 1. The van der Waals surface area contributed by atoms with Crippen molar-refractivity contribution in [2.45, 2.75) is 12.3 Å². The fourth-order valence-corrected chi connectivity index (χ4v) is 3.90. The van der Waals surface area contributed by atoms with Crippen LogP contribution in [0, 0.1) is 0 Å². The Morgan fingerprint density at radius 2 is 2.00 bits per heavy atom. The second-order valence-corrected chi connectivity index (χ2v) is 6.97. The Labute approximate surface area is 163 Å². The molecule has 28 heavy (non-hydrogen) atoms. The first-order valence-electron chi connectivity index (χ1n) is 9.51. The molecule has 1 aromatic carbocycles. The first kappa shape index (κ1) is 18.6. The Kier molecular flexibility index (Phi) is 5.38. The van der Waals surface area contributed by atoms with Gasteiger partial charge in [0.15, 0.2) is 17.3 Å². The Morgan fingerprint density at radius 1 is 1.18 bits per heavy atom. The van der Waals surface area contributed by atoms with Crippen molar-refractivity contribution in [3.8, 4) is 11.5 Å². The molecular formula is C20H25N3O5. The van der Waals surface area contributed by atoms with Crippen molar-refractivity contribution in [3.63, 3.8) is 0 Å². The van der Waals surface area contributed by atoms with Gasteiger partial charge in [0.2, 0.25) is 5.76 Å². The second kappa shape index (κ2) is 8.10. The maximum atomic E-state index is 12.9. The lowest BCUT2D eigenvalue weighted by atomic mass is 9.97. The number of hydrogen-bond donors (Lipinski definition) is 0. The quantitative estimate of drug-likeness (QED) is 0.778. The number of aromatic nitrogens is 1. The lowest BCUT2D eigenvalue weighted by Gasteiger charge is -2.25. The molecule has 1 atom stereocenters. The highest BCUT2D eigenvalue weighted by atomic mass is 16.5. The molecule has 0 aliphatic carbocycles. The minimum atomic E-state index is -0.128. The van der Waals surface area contributed by atoms with Crippen LogP contribution in [0.5, 0.6) is 11.5 Å². The number of anilines is 1. The third-order valence-corrected chi connectivity index (χ3v) is 5.39. The molecule has 3 heterocycles. The monoisotopic (exact) mass is 387 g/mol. The van der Waals surface area contributed by atoms with Gasteiger partial charge in [0.25, 0.3) is 5.91 Å². The van der Waals surface area contributed by atoms with E-state index in [0.29, 0.717) is 37.9 Å². The van der Waals surface area contributed by atoms with Crippen LogP contribution in [0.1, 0.15) is 28.5 Å². The number of methoxy groups -OCH3 is 2. The van der Waals surface area contributed by atoms with Gasteiger partial charge in [-0.05, 0) is 12.5 Å². The molecule has 0 spiro atoms. The molecule has 0 saturated carbocycles. The summed E-state index contributed by atoms with van der Waals surface area (Å²) in [4.78, 5) is 16.8. The Balaban J connectivity index is 1.46. The second-order valence-electron chi connectivity index (χ2n) is 6.97. The van der Waals surface area contributed by atoms with Crippen molar-refractivity contribution >= 4 is 11.7 Å². The van der Waals surface area contributed by atoms with Crippen LogP contribution in [0.4, 0.5) is 5.82 Å². The van der Waals surface area contributed by atoms with Gasteiger partial charge in [-0.3, -0.25) is 4.79 Å². The summed E-state index contributed by atoms with van der Waals surface area (Å²) in [6, 6.07) is 7.59. The van der Waals surface area contributed by atoms with Gasteiger partial charge < -0.3 is 28.5 Å². The molecule has 8 heteroatoms. The molecule has 150 valence electrons. The van der Waals surface area contributed by atoms with Gasteiger partial charge in [-0.1, -0.05) is 17.3 Å². The van der Waals surface area contributed by atoms with Crippen LogP contribution < -0.4 is 14.4 Å². The SMILES string of the molecule is COc1cccc(C2CCN(C(=O)c3cc(N4CCOCC4)no3)C2)c1OC. The minimum Gasteiger partial charge on any atom is -0.493 e. The number of carbonyl (C=O) groups excluding carboxylic acids is 1. The largest absolute Gasteiger partial charge is 0.493 e. The summed E-state index contributed by atoms with van der Waals surface area (Å²) in [6.07, 6.45) is 0.861. The van der Waals surface area contributed by atoms with E-state index in [1.54, 1.807) is 20.3 Å². The summed E-state index contributed by atoms with van der Waals surface area (Å²) < 4.78 is 21.7. The van der Waals surface area contributed by atoms with Crippen LogP contribution in [0.2, 0.25) is 0 Å². The number of para-hydroxylation sites is 1. The van der Waals surface area contributed by atoms with Gasteiger partial charge in [0, 0.05) is 43.7 Å². The molecule has 2 saturated heterocycles. The maximum Gasteiger partial charge on any atom is 0.292 e. The van der Waals surface area contributed by atoms with E-state index < -0.39 is 0 Å². The van der Waals surface area contributed by atoms with Gasteiger partial charge in [0.1, 0.15) is 0 Å². The zero-order valence-corrected chi connectivity index (χ0v) is 16.2. The van der Waals surface area contributed by atoms with E-state index in [0.717, 1.165) is 30.8 Å². The van der Waals surface area contributed by atoms with Crippen molar-refractivity contribution in [2.24, 2.45) is 0 Å². The summed E-state index contributed by atoms with van der Waals surface area (Å²) in [6.45, 7) is 4.09. The van der Waals surface area contributed by atoms with E-state index in [-0.39, 0.29) is 17.6 Å². The van der Waals surface area contributed by atoms with E-state index in [1.165, 1.54) is 0 Å². The number of likely N-dealkylation sites (tertiary alicyclic amines) is 1. The smallest absolute Gasteiger partial charge is 0.292 e. The Hall–Kier alpha value is -2.74. The zero-order valence-electron chi connectivity index (χ0n) is 16.2. The molecule has 1 aromatic heterocycles. The molecule has 0 N–H and O–H groups in total. The summed E-state index contributed by atoms with van der Waals surface area (Å²) in [5.74, 6) is 2.47. The van der Waals surface area contributed by atoms with Gasteiger partial charge in [-0.2, -0.15) is 0 Å². The molecular weight excluding hydrogens is 362 g/mol. The van der Waals surface area contributed by atoms with E-state index in [4.69, 9.17) is 18.7 Å². The fourth-order valence-electron chi connectivity index (χ4n) is 3.90. The Bertz CT molecular complexity index is 831. The number of rotatable bonds is 5. The highest BCUT2D eigenvalue weighted by Crippen LogP contribution is 2.39. The maximum absolute atomic E-state index is 12.9. The number of hydrogen-bond acceptors (Lipinski definition) is 7. The molecule has 4 rings (SSSR count). The zero-order chi connectivity index (χ0) is 19.5. The molecule has 2 fully saturated rings. The standard InChI is InChI=1S/C20H25N3O5/c1-25-16-5-3-4-15(19(16)26-2)14-6-7-23(13-14)20(24)17-12-18(21-28-17)22-8-10-27-11-9-22/h3-5,12,14H,6-11,13H2,1-2H3. The van der Waals surface area contributed by atoms with Crippen LogP contribution in [-0.4, -0.2) is 69.6 Å². The molecule has 0 radical (unpaired) electrons. The van der Waals surface area contributed by atoms with Crippen LogP contribution in [-0.2, 0) is 4.74 Å². The summed E-state index contributed by atoms with van der Waals surface area (Å²) in [5, 5.41) is 4.07. The van der Waals surface area contributed by atoms with E-state index in [2.05, 4.69) is 10.1 Å². The number of morpholine rings is 1. The number of ether oxygens (including phenoxy) is 3. The van der Waals surface area contributed by atoms with Crippen LogP contribution in [0.25, 0.3) is 0 Å². The molecule has 2 aromatic rings. The van der Waals surface area contributed by atoms with Crippen LogP contribution in [0.3, 0.4) is 0 Å². The third kappa shape index (κ3) is 3.52. The van der Waals surface area contributed by atoms with Crippen LogP contribution >= 0.6 is 0 Å². The van der Waals surface area contributed by atoms with E-state index in [9.17, 15) is 4.79 Å². The molecule has 1 amide bonds. The van der Waals surface area contributed by atoms with Gasteiger partial charge in [-0.25, -0.2) is 0 Å². The highest BCUT2D eigenvalue weighted by Gasteiger charge is 2.32. The molecule has 0 bridgehead atoms. The van der Waals surface area contributed by atoms with E-state index in [1.807, 2.05) is 23.1 Å². The molecule has 2 aliphatic heterocycles. The Morgan fingerprint density at radius 3 is 2.75 bits per heavy atom. The number of carbonyl (C=O) groups is 1. The van der Waals surface area contributed by atoms with Crippen molar-refractivity contribution in [2.75, 3.05) is 58.5 Å². The first-order chi connectivity index (χ1) is 13.7. The third-order valence-electron chi connectivity index (χ3n) is 5.39. The molecule has 2 aliphatic rings. The van der Waals surface area contributed by atoms with Gasteiger partial charge >= 0.3 is 0 Å². The molecule has 1 unspecified atom stereocenters. The number of nitrogens with zero attached hydrogens (tertiary/aromatic N) is 3. The molecule has 8 nitrogen and oxygen atoms in total. The van der Waals surface area contributed by atoms with Crippen LogP contribution in [0.15, 0.2) is 28.8 Å². The van der Waals surface area contributed by atoms with Crippen molar-refractivity contribution < 1.29 is 23.5 Å². The highest BCUT2D eigenvalue weighted by molar-refractivity contribution is 5.92. The predicted molar refractivity (Wildman–Crippen MR) is 102 cm³/mol. The van der Waals surface area contributed by atoms with Crippen molar-refractivity contribution in [1.29, 1.82) is 0 Å². The summed E-state index contributed by atoms with van der Waals surface area (Å²) in [7, 11) is 3.27. The first-order valence-corrected chi connectivity index (χ1v) is 9.51. The lowest BCUT2D eigenvalue weighted by Crippen LogP contribution is -2.36. The van der Waals surface area contributed by atoms with Gasteiger partial charge in [0.05, 0.1) is 27.4 Å². The van der Waals surface area contributed by atoms with E-state index >= 15 is 0 Å². The lowest BCUT2D eigenvalue weighted by molar-refractivity contribution is 0.0749. The predicted octanol–water partition coefficient (Wildman–Crippen LogP) is 2.16. The minimum absolute atomic E-state index is 0.128. The number of amides is 1. The fraction of sp³-hybridized carbons (Fsp3) is 0.500. The average Bonchev–Trinajstić information content (AvgIpc) is 3.43. The average molecular weight is 387 g/mol. The topological polar surface area (TPSA) is 77.3 Å². The normalized spacial score (nSPS) is 19.7.